The van der Waals surface area contributed by atoms with Crippen molar-refractivity contribution in [1.82, 2.24) is 20.4 Å². The molecule has 1 aromatic heterocycles. The van der Waals surface area contributed by atoms with Crippen LogP contribution in [0.2, 0.25) is 0 Å². The third-order valence-corrected chi connectivity index (χ3v) is 4.27. The zero-order valence-electron chi connectivity index (χ0n) is 16.0. The Kier molecular flexibility index (Phi) is 8.43. The summed E-state index contributed by atoms with van der Waals surface area (Å²) in [5.74, 6) is 0.486. The normalized spacial score (nSPS) is 11.0. The van der Waals surface area contributed by atoms with Gasteiger partial charge in [0.1, 0.15) is 5.82 Å². The minimum atomic E-state index is -0.189. The van der Waals surface area contributed by atoms with E-state index in [0.29, 0.717) is 24.6 Å². The summed E-state index contributed by atoms with van der Waals surface area (Å²) in [5.41, 5.74) is 3.87. The van der Waals surface area contributed by atoms with Crippen molar-refractivity contribution in [2.24, 2.45) is 4.99 Å². The first-order valence-corrected chi connectivity index (χ1v) is 8.89. The van der Waals surface area contributed by atoms with E-state index in [2.05, 4.69) is 38.9 Å². The molecule has 5 nitrogen and oxygen atoms in total. The van der Waals surface area contributed by atoms with Crippen molar-refractivity contribution < 1.29 is 4.39 Å². The smallest absolute Gasteiger partial charge is 0.191 e. The Hall–Kier alpha value is -2.42. The van der Waals surface area contributed by atoms with Crippen molar-refractivity contribution in [3.8, 4) is 0 Å². The summed E-state index contributed by atoms with van der Waals surface area (Å²) in [4.78, 5) is 4.23. The summed E-state index contributed by atoms with van der Waals surface area (Å²) in [7, 11) is 1.72. The van der Waals surface area contributed by atoms with Gasteiger partial charge in [-0.3, -0.25) is 9.67 Å². The van der Waals surface area contributed by atoms with Crippen molar-refractivity contribution in [3.63, 3.8) is 0 Å². The zero-order chi connectivity index (χ0) is 19.1. The fourth-order valence-electron chi connectivity index (χ4n) is 2.76. The second kappa shape index (κ2) is 10.8. The average molecular weight is 493 g/mol. The maximum absolute atomic E-state index is 13.6. The molecule has 0 bridgehead atoms. The number of aromatic nitrogens is 2. The summed E-state index contributed by atoms with van der Waals surface area (Å²) >= 11 is 0. The fraction of sp³-hybridized carbons (Fsp3) is 0.238. The number of aryl methyl sites for hydroxylation is 1. The first kappa shape index (κ1) is 21.9. The zero-order valence-corrected chi connectivity index (χ0v) is 18.4. The molecule has 148 valence electrons. The molecule has 0 atom stereocenters. The van der Waals surface area contributed by atoms with E-state index in [1.807, 2.05) is 29.1 Å². The lowest BCUT2D eigenvalue weighted by molar-refractivity contribution is 0.615. The van der Waals surface area contributed by atoms with E-state index in [-0.39, 0.29) is 29.8 Å². The molecule has 0 amide bonds. The number of rotatable bonds is 6. The number of nitrogens with zero attached hydrogens (tertiary/aromatic N) is 3. The summed E-state index contributed by atoms with van der Waals surface area (Å²) < 4.78 is 15.5. The summed E-state index contributed by atoms with van der Waals surface area (Å²) in [5, 5.41) is 10.7. The van der Waals surface area contributed by atoms with Crippen molar-refractivity contribution in [2.45, 2.75) is 26.6 Å². The molecular formula is C21H25FIN5. The second-order valence-corrected chi connectivity index (χ2v) is 6.39. The predicted octanol–water partition coefficient (Wildman–Crippen LogP) is 3.86. The molecule has 0 saturated carbocycles. The fourth-order valence-corrected chi connectivity index (χ4v) is 2.76. The highest BCUT2D eigenvalue weighted by atomic mass is 127. The Balaban J connectivity index is 0.00000280. The molecule has 0 radical (unpaired) electrons. The van der Waals surface area contributed by atoms with Crippen LogP contribution in [0.15, 0.2) is 65.9 Å². The molecule has 0 spiro atoms. The highest BCUT2D eigenvalue weighted by Gasteiger charge is 2.03. The van der Waals surface area contributed by atoms with Gasteiger partial charge in [0.15, 0.2) is 5.96 Å². The first-order chi connectivity index (χ1) is 13.1. The Labute approximate surface area is 182 Å². The van der Waals surface area contributed by atoms with Crippen molar-refractivity contribution in [3.05, 3.63) is 89.0 Å². The SMILES string of the molecule is CN=C(NCc1cccc(Cn2cccn2)c1)NCc1ccc(C)c(F)c1.I. The van der Waals surface area contributed by atoms with Gasteiger partial charge >= 0.3 is 0 Å². The van der Waals surface area contributed by atoms with Crippen LogP contribution in [0, 0.1) is 12.7 Å². The molecule has 2 N–H and O–H groups in total. The minimum absolute atomic E-state index is 0. The maximum Gasteiger partial charge on any atom is 0.191 e. The van der Waals surface area contributed by atoms with Gasteiger partial charge in [-0.1, -0.05) is 36.4 Å². The van der Waals surface area contributed by atoms with E-state index in [1.54, 1.807) is 32.3 Å². The third-order valence-electron chi connectivity index (χ3n) is 4.27. The third kappa shape index (κ3) is 6.33. The number of benzene rings is 2. The molecule has 0 unspecified atom stereocenters. The van der Waals surface area contributed by atoms with Crippen LogP contribution in [0.3, 0.4) is 0 Å². The van der Waals surface area contributed by atoms with Crippen LogP contribution in [0.4, 0.5) is 4.39 Å². The number of guanidine groups is 1. The molecule has 2 aromatic carbocycles. The summed E-state index contributed by atoms with van der Waals surface area (Å²) in [6, 6.07) is 15.5. The van der Waals surface area contributed by atoms with Crippen LogP contribution < -0.4 is 10.6 Å². The lowest BCUT2D eigenvalue weighted by atomic mass is 10.1. The summed E-state index contributed by atoms with van der Waals surface area (Å²) in [6.45, 7) is 3.66. The van der Waals surface area contributed by atoms with Gasteiger partial charge in [-0.15, -0.1) is 24.0 Å². The number of hydrogen-bond donors (Lipinski definition) is 2. The quantitative estimate of drug-likeness (QED) is 0.312. The van der Waals surface area contributed by atoms with Gasteiger partial charge in [-0.25, -0.2) is 4.39 Å². The van der Waals surface area contributed by atoms with Crippen LogP contribution in [0.5, 0.6) is 0 Å². The van der Waals surface area contributed by atoms with E-state index in [9.17, 15) is 4.39 Å². The number of aliphatic imine (C=N–C) groups is 1. The predicted molar refractivity (Wildman–Crippen MR) is 121 cm³/mol. The van der Waals surface area contributed by atoms with E-state index >= 15 is 0 Å². The molecule has 3 aromatic rings. The van der Waals surface area contributed by atoms with Gasteiger partial charge in [0.2, 0.25) is 0 Å². The van der Waals surface area contributed by atoms with Crippen LogP contribution in [0.1, 0.15) is 22.3 Å². The lowest BCUT2D eigenvalue weighted by Gasteiger charge is -2.13. The second-order valence-electron chi connectivity index (χ2n) is 6.39. The van der Waals surface area contributed by atoms with Gasteiger partial charge in [-0.05, 0) is 41.3 Å². The van der Waals surface area contributed by atoms with E-state index in [0.717, 1.165) is 17.7 Å². The minimum Gasteiger partial charge on any atom is -0.352 e. The van der Waals surface area contributed by atoms with E-state index < -0.39 is 0 Å². The Morgan fingerprint density at radius 2 is 1.75 bits per heavy atom. The number of nitrogens with one attached hydrogen (secondary N) is 2. The average Bonchev–Trinajstić information content (AvgIpc) is 3.18. The molecule has 3 rings (SSSR count). The highest BCUT2D eigenvalue weighted by Crippen LogP contribution is 2.09. The van der Waals surface area contributed by atoms with Crippen molar-refractivity contribution >= 4 is 29.9 Å². The van der Waals surface area contributed by atoms with Gasteiger partial charge in [0, 0.05) is 32.5 Å². The van der Waals surface area contributed by atoms with E-state index in [4.69, 9.17) is 0 Å². The van der Waals surface area contributed by atoms with Gasteiger partial charge in [-0.2, -0.15) is 5.10 Å². The molecule has 0 aliphatic carbocycles. The Morgan fingerprint density at radius 3 is 2.39 bits per heavy atom. The number of hydrogen-bond acceptors (Lipinski definition) is 2. The van der Waals surface area contributed by atoms with E-state index in [1.165, 1.54) is 5.56 Å². The van der Waals surface area contributed by atoms with Crippen molar-refractivity contribution in [2.75, 3.05) is 7.05 Å². The van der Waals surface area contributed by atoms with Crippen molar-refractivity contribution in [1.29, 1.82) is 0 Å². The van der Waals surface area contributed by atoms with Gasteiger partial charge in [0.05, 0.1) is 6.54 Å². The molecule has 0 aliphatic heterocycles. The van der Waals surface area contributed by atoms with Crippen LogP contribution in [-0.4, -0.2) is 22.8 Å². The van der Waals surface area contributed by atoms with Crippen LogP contribution >= 0.6 is 24.0 Å². The molecular weight excluding hydrogens is 468 g/mol. The maximum atomic E-state index is 13.6. The Bertz CT molecular complexity index is 909. The molecule has 0 fully saturated rings. The van der Waals surface area contributed by atoms with Crippen LogP contribution in [-0.2, 0) is 19.6 Å². The molecule has 0 saturated heterocycles. The monoisotopic (exact) mass is 493 g/mol. The highest BCUT2D eigenvalue weighted by molar-refractivity contribution is 14.0. The van der Waals surface area contributed by atoms with Gasteiger partial charge in [0.25, 0.3) is 0 Å². The lowest BCUT2D eigenvalue weighted by Crippen LogP contribution is -2.36. The molecule has 0 aliphatic rings. The first-order valence-electron chi connectivity index (χ1n) is 8.89. The molecule has 28 heavy (non-hydrogen) atoms. The van der Waals surface area contributed by atoms with Gasteiger partial charge < -0.3 is 10.6 Å². The molecule has 7 heteroatoms. The standard InChI is InChI=1S/C21H24FN5.HI/c1-16-7-8-18(12-20(16)22)14-25-21(23-2)24-13-17-5-3-6-19(11-17)15-27-10-4-9-26-27;/h3-12H,13-15H2,1-2H3,(H2,23,24,25);1H. The topological polar surface area (TPSA) is 54.2 Å². The Morgan fingerprint density at radius 1 is 1.04 bits per heavy atom. The number of halogens is 2. The largest absolute Gasteiger partial charge is 0.352 e. The molecule has 1 heterocycles. The summed E-state index contributed by atoms with van der Waals surface area (Å²) in [6.07, 6.45) is 3.73. The van der Waals surface area contributed by atoms with Crippen LogP contribution in [0.25, 0.3) is 0 Å².